The number of amides is 6. The Kier molecular flexibility index (Phi) is 21.7. The van der Waals surface area contributed by atoms with Gasteiger partial charge in [0.1, 0.15) is 18.8 Å². The van der Waals surface area contributed by atoms with Crippen molar-refractivity contribution in [3.8, 4) is 0 Å². The fourth-order valence-corrected chi connectivity index (χ4v) is 7.52. The molecule has 60 heavy (non-hydrogen) atoms. The van der Waals surface area contributed by atoms with E-state index in [0.717, 1.165) is 42.1 Å². The van der Waals surface area contributed by atoms with Gasteiger partial charge in [0.2, 0.25) is 23.6 Å². The van der Waals surface area contributed by atoms with E-state index in [4.69, 9.17) is 21.7 Å². The Balaban J connectivity index is 1.09. The molecule has 2 atom stereocenters. The van der Waals surface area contributed by atoms with Crippen LogP contribution in [0.5, 0.6) is 0 Å². The van der Waals surface area contributed by atoms with Crippen LogP contribution in [0.1, 0.15) is 143 Å². The number of rotatable bonds is 30. The average Bonchev–Trinajstić information content (AvgIpc) is 3.49. The Labute approximate surface area is 360 Å². The summed E-state index contributed by atoms with van der Waals surface area (Å²) in [6, 6.07) is 12.1. The van der Waals surface area contributed by atoms with Crippen molar-refractivity contribution >= 4 is 64.0 Å². The molecular weight excluding hydrogens is 785 g/mol. The maximum absolute atomic E-state index is 13.3. The number of nitrogens with zero attached hydrogens (tertiary/aromatic N) is 1. The van der Waals surface area contributed by atoms with Gasteiger partial charge in [-0.2, -0.15) is 0 Å². The van der Waals surface area contributed by atoms with Crippen LogP contribution >= 0.6 is 12.2 Å². The van der Waals surface area contributed by atoms with Gasteiger partial charge >= 0.3 is 0 Å². The predicted molar refractivity (Wildman–Crippen MR) is 236 cm³/mol. The third-order valence-electron chi connectivity index (χ3n) is 10.6. The number of hydrogen-bond acceptors (Lipinski definition) is 10. The highest BCUT2D eigenvalue weighted by Crippen LogP contribution is 2.32. The van der Waals surface area contributed by atoms with Gasteiger partial charge in [0.05, 0.1) is 35.9 Å². The SMILES string of the molecule is CCCCCCCCCCCCCC(=S)NCCCCC(NC(=O)CCOCCOCNc1cccc2c1C(=O)N(C1CCC(=O)NC1=O)C2=O)C(=O)Nc1ccccc1. The molecule has 14 nitrogen and oxygen atoms in total. The highest BCUT2D eigenvalue weighted by atomic mass is 32.1. The Morgan fingerprint density at radius 2 is 1.50 bits per heavy atom. The van der Waals surface area contributed by atoms with Gasteiger partial charge in [-0.3, -0.25) is 39.0 Å². The summed E-state index contributed by atoms with van der Waals surface area (Å²) >= 11 is 5.55. The summed E-state index contributed by atoms with van der Waals surface area (Å²) in [7, 11) is 0. The zero-order valence-corrected chi connectivity index (χ0v) is 36.0. The summed E-state index contributed by atoms with van der Waals surface area (Å²) in [4.78, 5) is 78.2. The Morgan fingerprint density at radius 3 is 2.22 bits per heavy atom. The van der Waals surface area contributed by atoms with Gasteiger partial charge in [0, 0.05) is 30.8 Å². The van der Waals surface area contributed by atoms with Gasteiger partial charge < -0.3 is 30.7 Å². The zero-order valence-electron chi connectivity index (χ0n) is 35.2. The fourth-order valence-electron chi connectivity index (χ4n) is 7.27. The van der Waals surface area contributed by atoms with Crippen molar-refractivity contribution in [3.63, 3.8) is 0 Å². The van der Waals surface area contributed by atoms with E-state index >= 15 is 0 Å². The number of para-hydroxylation sites is 1. The lowest BCUT2D eigenvalue weighted by molar-refractivity contribution is -0.136. The minimum absolute atomic E-state index is 0.000893. The van der Waals surface area contributed by atoms with Crippen molar-refractivity contribution in [1.29, 1.82) is 0 Å². The van der Waals surface area contributed by atoms with E-state index in [-0.39, 0.29) is 68.8 Å². The first-order valence-electron chi connectivity index (χ1n) is 21.9. The van der Waals surface area contributed by atoms with E-state index in [1.54, 1.807) is 24.3 Å². The number of piperidine rings is 1. The molecule has 0 aliphatic carbocycles. The van der Waals surface area contributed by atoms with Gasteiger partial charge in [-0.05, 0) is 62.8 Å². The summed E-state index contributed by atoms with van der Waals surface area (Å²) < 4.78 is 11.2. The maximum atomic E-state index is 13.3. The smallest absolute Gasteiger partial charge is 0.264 e. The highest BCUT2D eigenvalue weighted by Gasteiger charge is 2.45. The zero-order chi connectivity index (χ0) is 43.0. The summed E-state index contributed by atoms with van der Waals surface area (Å²) in [5.74, 6) is -2.90. The van der Waals surface area contributed by atoms with E-state index in [1.807, 2.05) is 18.2 Å². The number of benzene rings is 2. The molecule has 0 saturated carbocycles. The molecule has 2 aromatic rings. The van der Waals surface area contributed by atoms with Crippen molar-refractivity contribution < 1.29 is 38.2 Å². The molecule has 2 unspecified atom stereocenters. The number of thiocarbonyl (C=S) groups is 1. The molecule has 1 saturated heterocycles. The van der Waals surface area contributed by atoms with Gasteiger partial charge in [0.15, 0.2) is 0 Å². The van der Waals surface area contributed by atoms with E-state index in [1.165, 1.54) is 70.3 Å². The van der Waals surface area contributed by atoms with Gasteiger partial charge in [-0.1, -0.05) is 108 Å². The van der Waals surface area contributed by atoms with Crippen LogP contribution in [0.15, 0.2) is 48.5 Å². The Hall–Kier alpha value is -4.73. The van der Waals surface area contributed by atoms with Crippen LogP contribution in [0.25, 0.3) is 0 Å². The van der Waals surface area contributed by atoms with Gasteiger partial charge in [-0.25, -0.2) is 0 Å². The lowest BCUT2D eigenvalue weighted by atomic mass is 10.0. The first-order valence-corrected chi connectivity index (χ1v) is 22.3. The van der Waals surface area contributed by atoms with Crippen molar-refractivity contribution in [1.82, 2.24) is 20.9 Å². The van der Waals surface area contributed by atoms with Crippen molar-refractivity contribution in [2.75, 3.05) is 43.7 Å². The minimum atomic E-state index is -1.05. The number of carbonyl (C=O) groups is 6. The molecule has 6 amide bonds. The first kappa shape index (κ1) is 47.9. The molecule has 0 aromatic heterocycles. The van der Waals surface area contributed by atoms with E-state index in [2.05, 4.69) is 33.5 Å². The molecule has 4 rings (SSSR count). The second-order valence-corrected chi connectivity index (χ2v) is 15.9. The molecule has 5 N–H and O–H groups in total. The molecule has 2 heterocycles. The van der Waals surface area contributed by atoms with E-state index < -0.39 is 35.7 Å². The second kappa shape index (κ2) is 27.2. The monoisotopic (exact) mass is 848 g/mol. The van der Waals surface area contributed by atoms with Crippen molar-refractivity contribution in [2.24, 2.45) is 0 Å². The highest BCUT2D eigenvalue weighted by molar-refractivity contribution is 7.80. The fraction of sp³-hybridized carbons (Fsp3) is 0.578. The third kappa shape index (κ3) is 16.4. The van der Waals surface area contributed by atoms with Crippen LogP contribution in [0.3, 0.4) is 0 Å². The van der Waals surface area contributed by atoms with Crippen LogP contribution in [0.4, 0.5) is 11.4 Å². The lowest BCUT2D eigenvalue weighted by Gasteiger charge is -2.27. The second-order valence-electron chi connectivity index (χ2n) is 15.4. The van der Waals surface area contributed by atoms with Crippen LogP contribution in [0, 0.1) is 0 Å². The molecule has 2 aromatic carbocycles. The van der Waals surface area contributed by atoms with Crippen LogP contribution in [-0.2, 0) is 28.7 Å². The molecule has 15 heteroatoms. The quantitative estimate of drug-likeness (QED) is 0.0241. The van der Waals surface area contributed by atoms with Crippen LogP contribution < -0.4 is 26.6 Å². The van der Waals surface area contributed by atoms with Crippen LogP contribution in [-0.4, -0.2) is 90.5 Å². The Bertz CT molecular complexity index is 1730. The first-order chi connectivity index (χ1) is 29.2. The number of anilines is 2. The summed E-state index contributed by atoms with van der Waals surface area (Å²) in [6.07, 6.45) is 17.4. The van der Waals surface area contributed by atoms with Crippen LogP contribution in [0.2, 0.25) is 0 Å². The topological polar surface area (TPSA) is 184 Å². The van der Waals surface area contributed by atoms with E-state index in [9.17, 15) is 28.8 Å². The van der Waals surface area contributed by atoms with Crippen molar-refractivity contribution in [3.05, 3.63) is 59.7 Å². The molecule has 2 aliphatic heterocycles. The van der Waals surface area contributed by atoms with E-state index in [0.29, 0.717) is 17.8 Å². The lowest BCUT2D eigenvalue weighted by Crippen LogP contribution is -2.54. The third-order valence-corrected chi connectivity index (χ3v) is 11.0. The molecular formula is C45H64N6O8S. The Morgan fingerprint density at radius 1 is 0.800 bits per heavy atom. The molecule has 0 bridgehead atoms. The number of ether oxygens (including phenoxy) is 2. The van der Waals surface area contributed by atoms with Gasteiger partial charge in [0.25, 0.3) is 11.8 Å². The molecule has 0 radical (unpaired) electrons. The number of unbranched alkanes of at least 4 members (excludes halogenated alkanes) is 11. The maximum Gasteiger partial charge on any atom is 0.264 e. The number of fused-ring (bicyclic) bond motifs is 1. The number of hydrogen-bond donors (Lipinski definition) is 5. The van der Waals surface area contributed by atoms with Gasteiger partial charge in [-0.15, -0.1) is 0 Å². The molecule has 0 spiro atoms. The molecule has 328 valence electrons. The molecule has 1 fully saturated rings. The largest absolute Gasteiger partial charge is 0.380 e. The average molecular weight is 849 g/mol. The molecule has 2 aliphatic rings. The van der Waals surface area contributed by atoms with Crippen molar-refractivity contribution in [2.45, 2.75) is 135 Å². The number of nitrogens with one attached hydrogen (secondary N) is 5. The summed E-state index contributed by atoms with van der Waals surface area (Å²) in [5.41, 5.74) is 1.33. The summed E-state index contributed by atoms with van der Waals surface area (Å²) in [5, 5.41) is 14.3. The predicted octanol–water partition coefficient (Wildman–Crippen LogP) is 6.79. The standard InChI is InChI=1S/C45H64N6O8S/c1-2-3-4-5-6-7-8-9-10-11-15-24-40(60)46-28-17-16-22-36(42(54)48-33-19-13-12-14-20-33)49-39(53)27-29-58-30-31-59-32-47-35-23-18-21-34-41(35)45(57)51(44(34)56)37-25-26-38(52)50-43(37)55/h12-14,18-21,23,36-37,47H,2-11,15-17,22,24-32H2,1H3,(H,46,60)(H,48,54)(H,49,53)(H,50,52,55). The number of imide groups is 2. The number of carbonyl (C=O) groups excluding carboxylic acids is 6. The minimum Gasteiger partial charge on any atom is -0.380 e. The summed E-state index contributed by atoms with van der Waals surface area (Å²) in [6.45, 7) is 3.46. The normalized spacial score (nSPS) is 15.3.